The van der Waals surface area contributed by atoms with E-state index in [1.165, 1.54) is 20.2 Å². The van der Waals surface area contributed by atoms with Gasteiger partial charge in [0.1, 0.15) is 10.7 Å². The second kappa shape index (κ2) is 8.80. The highest BCUT2D eigenvalue weighted by atomic mass is 32.2. The molecule has 1 fully saturated rings. The van der Waals surface area contributed by atoms with Gasteiger partial charge in [-0.15, -0.1) is 0 Å². The molecule has 30 heavy (non-hydrogen) atoms. The molecule has 2 amide bonds. The Morgan fingerprint density at radius 3 is 2.53 bits per heavy atom. The highest BCUT2D eigenvalue weighted by molar-refractivity contribution is 7.89. The second-order valence-electron chi connectivity index (χ2n) is 7.05. The lowest BCUT2D eigenvalue weighted by Gasteiger charge is -2.28. The highest BCUT2D eigenvalue weighted by Gasteiger charge is 2.23. The number of carbonyl (C=O) groups is 2. The van der Waals surface area contributed by atoms with Crippen LogP contribution in [-0.4, -0.2) is 58.3 Å². The minimum Gasteiger partial charge on any atom is -0.360 e. The van der Waals surface area contributed by atoms with Crippen molar-refractivity contribution in [2.45, 2.75) is 11.4 Å². The van der Waals surface area contributed by atoms with E-state index in [1.807, 2.05) is 29.2 Å². The van der Waals surface area contributed by atoms with Crippen molar-refractivity contribution < 1.29 is 22.4 Å². The van der Waals surface area contributed by atoms with Crippen molar-refractivity contribution in [3.63, 3.8) is 0 Å². The zero-order chi connectivity index (χ0) is 21.9. The van der Waals surface area contributed by atoms with Crippen LogP contribution in [0.2, 0.25) is 0 Å². The van der Waals surface area contributed by atoms with Crippen LogP contribution in [0.4, 0.5) is 10.1 Å². The molecule has 160 valence electrons. The van der Waals surface area contributed by atoms with Crippen LogP contribution < -0.4 is 15.5 Å². The Morgan fingerprint density at radius 2 is 1.90 bits per heavy atom. The van der Waals surface area contributed by atoms with E-state index in [4.69, 9.17) is 0 Å². The van der Waals surface area contributed by atoms with E-state index in [2.05, 4.69) is 10.6 Å². The summed E-state index contributed by atoms with van der Waals surface area (Å²) in [7, 11) is -1.42. The summed E-state index contributed by atoms with van der Waals surface area (Å²) < 4.78 is 39.3. The van der Waals surface area contributed by atoms with Gasteiger partial charge in [-0.1, -0.05) is 12.1 Å². The van der Waals surface area contributed by atoms with Crippen LogP contribution in [0.15, 0.2) is 47.4 Å². The molecular weight excluding hydrogens is 411 g/mol. The van der Waals surface area contributed by atoms with Crippen LogP contribution in [-0.2, 0) is 21.4 Å². The molecule has 2 aromatic rings. The summed E-state index contributed by atoms with van der Waals surface area (Å²) in [5.74, 6) is -1.45. The topological polar surface area (TPSA) is 98.8 Å². The molecule has 3 rings (SSSR count). The van der Waals surface area contributed by atoms with Gasteiger partial charge in [-0.05, 0) is 35.9 Å². The molecule has 1 aliphatic rings. The fraction of sp³-hybridized carbons (Fsp3) is 0.300. The molecule has 0 saturated carbocycles. The number of rotatable bonds is 6. The molecule has 1 heterocycles. The molecule has 10 heteroatoms. The van der Waals surface area contributed by atoms with Crippen molar-refractivity contribution >= 4 is 27.5 Å². The fourth-order valence-corrected chi connectivity index (χ4v) is 3.99. The number of piperazine rings is 1. The Kier molecular flexibility index (Phi) is 6.37. The van der Waals surface area contributed by atoms with Crippen molar-refractivity contribution in [2.24, 2.45) is 0 Å². The van der Waals surface area contributed by atoms with E-state index in [9.17, 15) is 22.4 Å². The maximum Gasteiger partial charge on any atom is 0.251 e. The zero-order valence-corrected chi connectivity index (χ0v) is 17.5. The summed E-state index contributed by atoms with van der Waals surface area (Å²) in [5.41, 5.74) is 1.79. The largest absolute Gasteiger partial charge is 0.360 e. The number of amides is 2. The molecule has 8 nitrogen and oxygen atoms in total. The molecule has 0 bridgehead atoms. The first-order chi connectivity index (χ1) is 14.2. The standard InChI is InChI=1S/C20H23FN4O4S/c1-24(2)30(28,29)18-11-15(5-8-17(18)21)20(27)23-12-14-3-6-16(7-4-14)25-10-9-22-19(26)13-25/h3-8,11H,9-10,12-13H2,1-2H3,(H,22,26)(H,23,27). The van der Waals surface area contributed by atoms with Crippen LogP contribution in [0.3, 0.4) is 0 Å². The monoisotopic (exact) mass is 434 g/mol. The molecule has 2 aromatic carbocycles. The molecule has 0 spiro atoms. The van der Waals surface area contributed by atoms with Crippen molar-refractivity contribution in [3.8, 4) is 0 Å². The molecule has 0 atom stereocenters. The van der Waals surface area contributed by atoms with Gasteiger partial charge >= 0.3 is 0 Å². The third-order valence-corrected chi connectivity index (χ3v) is 6.58. The normalized spacial score (nSPS) is 14.5. The van der Waals surface area contributed by atoms with Crippen LogP contribution in [0.5, 0.6) is 0 Å². The zero-order valence-electron chi connectivity index (χ0n) is 16.7. The third-order valence-electron chi connectivity index (χ3n) is 4.74. The number of nitrogens with zero attached hydrogens (tertiary/aromatic N) is 2. The predicted molar refractivity (Wildman–Crippen MR) is 110 cm³/mol. The van der Waals surface area contributed by atoms with Crippen molar-refractivity contribution in [1.29, 1.82) is 0 Å². The summed E-state index contributed by atoms with van der Waals surface area (Å²) in [6, 6.07) is 10.7. The lowest BCUT2D eigenvalue weighted by Crippen LogP contribution is -2.47. The van der Waals surface area contributed by atoms with Gasteiger partial charge in [0.2, 0.25) is 15.9 Å². The third kappa shape index (κ3) is 4.77. The molecule has 0 aromatic heterocycles. The van der Waals surface area contributed by atoms with Gasteiger partial charge in [-0.25, -0.2) is 17.1 Å². The molecule has 1 saturated heterocycles. The van der Waals surface area contributed by atoms with E-state index < -0.39 is 26.6 Å². The van der Waals surface area contributed by atoms with Gasteiger partial charge in [-0.3, -0.25) is 9.59 Å². The summed E-state index contributed by atoms with van der Waals surface area (Å²) in [6.45, 7) is 1.84. The summed E-state index contributed by atoms with van der Waals surface area (Å²) in [6.07, 6.45) is 0. The average Bonchev–Trinajstić information content (AvgIpc) is 2.72. The first-order valence-corrected chi connectivity index (χ1v) is 10.7. The van der Waals surface area contributed by atoms with E-state index in [0.717, 1.165) is 34.2 Å². The average molecular weight is 434 g/mol. The van der Waals surface area contributed by atoms with Gasteiger partial charge in [-0.2, -0.15) is 0 Å². The summed E-state index contributed by atoms with van der Waals surface area (Å²) in [5, 5.41) is 5.47. The first kappa shape index (κ1) is 21.7. The summed E-state index contributed by atoms with van der Waals surface area (Å²) >= 11 is 0. The molecule has 1 aliphatic heterocycles. The number of sulfonamides is 1. The van der Waals surface area contributed by atoms with Gasteiger partial charge in [0, 0.05) is 45.0 Å². The van der Waals surface area contributed by atoms with Gasteiger partial charge in [0.05, 0.1) is 6.54 Å². The lowest BCUT2D eigenvalue weighted by molar-refractivity contribution is -0.120. The quantitative estimate of drug-likeness (QED) is 0.705. The molecule has 0 aliphatic carbocycles. The van der Waals surface area contributed by atoms with E-state index in [-0.39, 0.29) is 18.0 Å². The molecule has 0 radical (unpaired) electrons. The number of anilines is 1. The SMILES string of the molecule is CN(C)S(=O)(=O)c1cc(C(=O)NCc2ccc(N3CCNC(=O)C3)cc2)ccc1F. The number of hydrogen-bond acceptors (Lipinski definition) is 5. The first-order valence-electron chi connectivity index (χ1n) is 9.29. The van der Waals surface area contributed by atoms with E-state index in [0.29, 0.717) is 13.1 Å². The number of nitrogens with one attached hydrogen (secondary N) is 2. The maximum atomic E-state index is 14.0. The number of halogens is 1. The molecule has 2 N–H and O–H groups in total. The smallest absolute Gasteiger partial charge is 0.251 e. The van der Waals surface area contributed by atoms with Crippen LogP contribution in [0.1, 0.15) is 15.9 Å². The van der Waals surface area contributed by atoms with E-state index >= 15 is 0 Å². The second-order valence-corrected chi connectivity index (χ2v) is 9.17. The molecular formula is C20H23FN4O4S. The number of hydrogen-bond donors (Lipinski definition) is 2. The van der Waals surface area contributed by atoms with Gasteiger partial charge < -0.3 is 15.5 Å². The Bertz CT molecular complexity index is 1050. The van der Waals surface area contributed by atoms with Crippen molar-refractivity contribution in [2.75, 3.05) is 38.6 Å². The minimum absolute atomic E-state index is 0.0208. The maximum absolute atomic E-state index is 14.0. The van der Waals surface area contributed by atoms with Crippen LogP contribution in [0.25, 0.3) is 0 Å². The number of benzene rings is 2. The number of carbonyl (C=O) groups excluding carboxylic acids is 2. The Morgan fingerprint density at radius 1 is 1.20 bits per heavy atom. The van der Waals surface area contributed by atoms with Crippen LogP contribution in [0, 0.1) is 5.82 Å². The minimum atomic E-state index is -4.00. The van der Waals surface area contributed by atoms with Gasteiger partial charge in [0.25, 0.3) is 5.91 Å². The van der Waals surface area contributed by atoms with E-state index in [1.54, 1.807) is 0 Å². The highest BCUT2D eigenvalue weighted by Crippen LogP contribution is 2.20. The van der Waals surface area contributed by atoms with Crippen LogP contribution >= 0.6 is 0 Å². The lowest BCUT2D eigenvalue weighted by atomic mass is 10.1. The summed E-state index contributed by atoms with van der Waals surface area (Å²) in [4.78, 5) is 25.4. The Labute approximate surface area is 174 Å². The van der Waals surface area contributed by atoms with Gasteiger partial charge in [0.15, 0.2) is 0 Å². The van der Waals surface area contributed by atoms with Crippen molar-refractivity contribution in [3.05, 3.63) is 59.4 Å². The Hall–Kier alpha value is -2.98. The van der Waals surface area contributed by atoms with Crippen molar-refractivity contribution in [1.82, 2.24) is 14.9 Å². The predicted octanol–water partition coefficient (Wildman–Crippen LogP) is 0.942. The fourth-order valence-electron chi connectivity index (χ4n) is 3.01. The Balaban J connectivity index is 1.66. The molecule has 0 unspecified atom stereocenters.